The lowest BCUT2D eigenvalue weighted by atomic mass is 9.99. The van der Waals surface area contributed by atoms with Crippen LogP contribution in [0.4, 0.5) is 4.39 Å². The van der Waals surface area contributed by atoms with Crippen LogP contribution in [-0.2, 0) is 6.42 Å². The first-order valence-corrected chi connectivity index (χ1v) is 4.30. The fourth-order valence-electron chi connectivity index (χ4n) is 1.17. The van der Waals surface area contributed by atoms with E-state index in [0.717, 1.165) is 5.56 Å². The van der Waals surface area contributed by atoms with Crippen molar-refractivity contribution in [3.05, 3.63) is 35.1 Å². The van der Waals surface area contributed by atoms with E-state index in [-0.39, 0.29) is 12.2 Å². The zero-order chi connectivity index (χ0) is 9.84. The maximum absolute atomic E-state index is 13.1. The van der Waals surface area contributed by atoms with Crippen LogP contribution < -0.4 is 0 Å². The SMILES string of the molecule is CC(C)c1ccc(F)c(CC#N)c1. The molecule has 68 valence electrons. The third-order valence-electron chi connectivity index (χ3n) is 2.01. The Kier molecular flexibility index (Phi) is 3.02. The molecule has 0 aliphatic heterocycles. The van der Waals surface area contributed by atoms with Crippen molar-refractivity contribution in [3.63, 3.8) is 0 Å². The first-order chi connectivity index (χ1) is 6.15. The minimum absolute atomic E-state index is 0.145. The quantitative estimate of drug-likeness (QED) is 0.681. The number of hydrogen-bond donors (Lipinski definition) is 0. The van der Waals surface area contributed by atoms with Crippen LogP contribution in [0.25, 0.3) is 0 Å². The molecule has 1 nitrogen and oxygen atoms in total. The number of nitriles is 1. The Morgan fingerprint density at radius 3 is 2.69 bits per heavy atom. The Morgan fingerprint density at radius 1 is 1.46 bits per heavy atom. The van der Waals surface area contributed by atoms with Crippen LogP contribution in [0.15, 0.2) is 18.2 Å². The van der Waals surface area contributed by atoms with Gasteiger partial charge in [0.25, 0.3) is 0 Å². The highest BCUT2D eigenvalue weighted by atomic mass is 19.1. The Morgan fingerprint density at radius 2 is 2.15 bits per heavy atom. The van der Waals surface area contributed by atoms with Gasteiger partial charge in [0.1, 0.15) is 5.82 Å². The third-order valence-corrected chi connectivity index (χ3v) is 2.01. The summed E-state index contributed by atoms with van der Waals surface area (Å²) in [5, 5.41) is 8.46. The van der Waals surface area contributed by atoms with Gasteiger partial charge in [-0.25, -0.2) is 4.39 Å². The van der Waals surface area contributed by atoms with Gasteiger partial charge in [-0.05, 0) is 17.5 Å². The Hall–Kier alpha value is -1.36. The second-order valence-electron chi connectivity index (χ2n) is 3.34. The fraction of sp³-hybridized carbons (Fsp3) is 0.364. The molecule has 0 saturated carbocycles. The molecule has 0 aromatic heterocycles. The van der Waals surface area contributed by atoms with Gasteiger partial charge >= 0.3 is 0 Å². The Bertz CT molecular complexity index is 336. The van der Waals surface area contributed by atoms with Gasteiger partial charge in [0.2, 0.25) is 0 Å². The van der Waals surface area contributed by atoms with Gasteiger partial charge in [0.15, 0.2) is 0 Å². The van der Waals surface area contributed by atoms with Crippen LogP contribution >= 0.6 is 0 Å². The van der Waals surface area contributed by atoms with Crippen LogP contribution in [0.3, 0.4) is 0 Å². The summed E-state index contributed by atoms with van der Waals surface area (Å²) in [6.45, 7) is 4.09. The molecular formula is C11H12FN. The van der Waals surface area contributed by atoms with Crippen LogP contribution in [0.2, 0.25) is 0 Å². The molecule has 0 spiro atoms. The van der Waals surface area contributed by atoms with E-state index in [9.17, 15) is 4.39 Å². The highest BCUT2D eigenvalue weighted by Crippen LogP contribution is 2.18. The summed E-state index contributed by atoms with van der Waals surface area (Å²) in [6.07, 6.45) is 0.145. The first kappa shape index (κ1) is 9.73. The number of nitrogens with zero attached hydrogens (tertiary/aromatic N) is 1. The van der Waals surface area contributed by atoms with Crippen molar-refractivity contribution in [2.24, 2.45) is 0 Å². The molecule has 13 heavy (non-hydrogen) atoms. The van der Waals surface area contributed by atoms with Crippen LogP contribution in [-0.4, -0.2) is 0 Å². The maximum atomic E-state index is 13.1. The monoisotopic (exact) mass is 177 g/mol. The molecule has 1 aromatic carbocycles. The van der Waals surface area contributed by atoms with E-state index in [2.05, 4.69) is 0 Å². The van der Waals surface area contributed by atoms with Crippen molar-refractivity contribution in [2.45, 2.75) is 26.2 Å². The summed E-state index contributed by atoms with van der Waals surface area (Å²) in [7, 11) is 0. The summed E-state index contributed by atoms with van der Waals surface area (Å²) in [4.78, 5) is 0. The number of halogens is 1. The molecule has 0 saturated heterocycles. The number of hydrogen-bond acceptors (Lipinski definition) is 1. The van der Waals surface area contributed by atoms with Crippen molar-refractivity contribution in [1.82, 2.24) is 0 Å². The first-order valence-electron chi connectivity index (χ1n) is 4.30. The van der Waals surface area contributed by atoms with Gasteiger partial charge < -0.3 is 0 Å². The molecule has 2 heteroatoms. The lowest BCUT2D eigenvalue weighted by molar-refractivity contribution is 0.613. The molecular weight excluding hydrogens is 165 g/mol. The van der Waals surface area contributed by atoms with Crippen molar-refractivity contribution in [1.29, 1.82) is 5.26 Å². The van der Waals surface area contributed by atoms with Crippen LogP contribution in [0.1, 0.15) is 30.9 Å². The molecule has 0 fully saturated rings. The van der Waals surface area contributed by atoms with Crippen LogP contribution in [0, 0.1) is 17.1 Å². The molecule has 1 aromatic rings. The van der Waals surface area contributed by atoms with Gasteiger partial charge in [0.05, 0.1) is 12.5 Å². The van der Waals surface area contributed by atoms with E-state index in [1.165, 1.54) is 6.07 Å². The molecule has 0 bridgehead atoms. The summed E-state index contributed by atoms with van der Waals surface area (Å²) in [5.74, 6) is 0.0870. The average Bonchev–Trinajstić information content (AvgIpc) is 2.08. The third kappa shape index (κ3) is 2.29. The topological polar surface area (TPSA) is 23.8 Å². The highest BCUT2D eigenvalue weighted by molar-refractivity contribution is 5.28. The van der Waals surface area contributed by atoms with Gasteiger partial charge in [-0.2, -0.15) is 5.26 Å². The average molecular weight is 177 g/mol. The highest BCUT2D eigenvalue weighted by Gasteiger charge is 2.05. The summed E-state index contributed by atoms with van der Waals surface area (Å²) in [5.41, 5.74) is 1.57. The van der Waals surface area contributed by atoms with Crippen molar-refractivity contribution in [2.75, 3.05) is 0 Å². The summed E-state index contributed by atoms with van der Waals surface area (Å²) in [6, 6.07) is 6.92. The van der Waals surface area contributed by atoms with E-state index >= 15 is 0 Å². The molecule has 0 radical (unpaired) electrons. The predicted molar refractivity (Wildman–Crippen MR) is 49.8 cm³/mol. The maximum Gasteiger partial charge on any atom is 0.127 e. The lowest BCUT2D eigenvalue weighted by Crippen LogP contribution is -1.93. The number of benzene rings is 1. The zero-order valence-corrected chi connectivity index (χ0v) is 7.84. The molecule has 0 amide bonds. The van der Waals surface area contributed by atoms with Crippen molar-refractivity contribution < 1.29 is 4.39 Å². The lowest BCUT2D eigenvalue weighted by Gasteiger charge is -2.06. The Balaban J connectivity index is 3.05. The molecule has 0 aliphatic rings. The normalized spacial score (nSPS) is 10.1. The smallest absolute Gasteiger partial charge is 0.127 e. The molecule has 0 heterocycles. The van der Waals surface area contributed by atoms with Gasteiger partial charge in [0, 0.05) is 5.56 Å². The molecule has 0 atom stereocenters. The molecule has 0 unspecified atom stereocenters. The van der Waals surface area contributed by atoms with Gasteiger partial charge in [-0.15, -0.1) is 0 Å². The van der Waals surface area contributed by atoms with Crippen LogP contribution in [0.5, 0.6) is 0 Å². The second kappa shape index (κ2) is 4.04. The van der Waals surface area contributed by atoms with Crippen molar-refractivity contribution in [3.8, 4) is 6.07 Å². The predicted octanol–water partition coefficient (Wildman–Crippen LogP) is 3.02. The van der Waals surface area contributed by atoms with E-state index in [4.69, 9.17) is 5.26 Å². The largest absolute Gasteiger partial charge is 0.207 e. The molecule has 0 N–H and O–H groups in total. The Labute approximate surface area is 77.8 Å². The van der Waals surface area contributed by atoms with E-state index in [1.54, 1.807) is 12.1 Å². The van der Waals surface area contributed by atoms with Gasteiger partial charge in [-0.1, -0.05) is 26.0 Å². The van der Waals surface area contributed by atoms with E-state index in [1.807, 2.05) is 19.9 Å². The van der Waals surface area contributed by atoms with Gasteiger partial charge in [-0.3, -0.25) is 0 Å². The minimum atomic E-state index is -0.286. The standard InChI is InChI=1S/C11H12FN/c1-8(2)9-3-4-11(12)10(7-9)5-6-13/h3-4,7-8H,5H2,1-2H3. The van der Waals surface area contributed by atoms with Crippen molar-refractivity contribution >= 4 is 0 Å². The molecule has 1 rings (SSSR count). The second-order valence-corrected chi connectivity index (χ2v) is 3.34. The van der Waals surface area contributed by atoms with E-state index < -0.39 is 0 Å². The summed E-state index contributed by atoms with van der Waals surface area (Å²) < 4.78 is 13.1. The molecule has 0 aliphatic carbocycles. The summed E-state index contributed by atoms with van der Waals surface area (Å²) >= 11 is 0. The number of rotatable bonds is 2. The van der Waals surface area contributed by atoms with E-state index in [0.29, 0.717) is 11.5 Å². The zero-order valence-electron chi connectivity index (χ0n) is 7.84. The minimum Gasteiger partial charge on any atom is -0.207 e. The fourth-order valence-corrected chi connectivity index (χ4v) is 1.17.